The van der Waals surface area contributed by atoms with Crippen LogP contribution in [0.4, 0.5) is 0 Å². The standard InChI is InChI=1S/C22H21BrN2O2S/c23-19-5-1-2-6-20(19)28-14-12-21(26)24-15-17-8-10-18(11-9-17)16-25-13-4-3-7-22(25)27/h1-11,13H,12,14-16H2,(H,24,26). The van der Waals surface area contributed by atoms with Gasteiger partial charge in [-0.1, -0.05) is 42.5 Å². The van der Waals surface area contributed by atoms with Gasteiger partial charge in [0, 0.05) is 40.3 Å². The average Bonchev–Trinajstić information content (AvgIpc) is 2.71. The molecule has 3 aromatic rings. The highest BCUT2D eigenvalue weighted by Crippen LogP contribution is 2.27. The van der Waals surface area contributed by atoms with Crippen LogP contribution in [-0.2, 0) is 17.9 Å². The lowest BCUT2D eigenvalue weighted by Crippen LogP contribution is -2.23. The fourth-order valence-electron chi connectivity index (χ4n) is 2.66. The normalized spacial score (nSPS) is 10.6. The Hall–Kier alpha value is -2.31. The lowest BCUT2D eigenvalue weighted by molar-refractivity contribution is -0.120. The smallest absolute Gasteiger partial charge is 0.250 e. The van der Waals surface area contributed by atoms with E-state index in [4.69, 9.17) is 0 Å². The summed E-state index contributed by atoms with van der Waals surface area (Å²) in [5.41, 5.74) is 2.07. The molecule has 6 heteroatoms. The van der Waals surface area contributed by atoms with Gasteiger partial charge in [-0.25, -0.2) is 0 Å². The molecule has 0 spiro atoms. The van der Waals surface area contributed by atoms with Gasteiger partial charge in [-0.05, 0) is 45.3 Å². The first-order valence-corrected chi connectivity index (χ1v) is 10.8. The molecular weight excluding hydrogens is 436 g/mol. The molecule has 0 aliphatic carbocycles. The number of carbonyl (C=O) groups is 1. The largest absolute Gasteiger partial charge is 0.352 e. The Balaban J connectivity index is 1.43. The van der Waals surface area contributed by atoms with Crippen LogP contribution in [0.5, 0.6) is 0 Å². The highest BCUT2D eigenvalue weighted by atomic mass is 79.9. The maximum absolute atomic E-state index is 12.1. The van der Waals surface area contributed by atoms with Crippen LogP contribution >= 0.6 is 27.7 Å². The van der Waals surface area contributed by atoms with Crippen molar-refractivity contribution in [1.29, 1.82) is 0 Å². The number of nitrogens with zero attached hydrogens (tertiary/aromatic N) is 1. The number of aromatic nitrogens is 1. The summed E-state index contributed by atoms with van der Waals surface area (Å²) >= 11 is 5.18. The minimum atomic E-state index is -0.0146. The van der Waals surface area contributed by atoms with Gasteiger partial charge in [0.05, 0.1) is 6.54 Å². The van der Waals surface area contributed by atoms with Crippen molar-refractivity contribution in [3.63, 3.8) is 0 Å². The van der Waals surface area contributed by atoms with E-state index in [1.54, 1.807) is 34.7 Å². The fraction of sp³-hybridized carbons (Fsp3) is 0.182. The van der Waals surface area contributed by atoms with Crippen LogP contribution < -0.4 is 10.9 Å². The lowest BCUT2D eigenvalue weighted by atomic mass is 10.1. The first kappa shape index (κ1) is 20.4. The van der Waals surface area contributed by atoms with Crippen molar-refractivity contribution in [2.24, 2.45) is 0 Å². The number of pyridine rings is 1. The van der Waals surface area contributed by atoms with Crippen molar-refractivity contribution >= 4 is 33.6 Å². The Morgan fingerprint density at radius 2 is 1.68 bits per heavy atom. The molecule has 0 fully saturated rings. The average molecular weight is 457 g/mol. The summed E-state index contributed by atoms with van der Waals surface area (Å²) in [7, 11) is 0. The minimum absolute atomic E-state index is 0.0146. The zero-order valence-electron chi connectivity index (χ0n) is 15.3. The van der Waals surface area contributed by atoms with Crippen molar-refractivity contribution in [3.05, 3.63) is 98.9 Å². The van der Waals surface area contributed by atoms with Crippen LogP contribution in [0.15, 0.2) is 87.1 Å². The molecule has 1 aromatic heterocycles. The maximum Gasteiger partial charge on any atom is 0.250 e. The minimum Gasteiger partial charge on any atom is -0.352 e. The number of hydrogen-bond donors (Lipinski definition) is 1. The van der Waals surface area contributed by atoms with E-state index < -0.39 is 0 Å². The summed E-state index contributed by atoms with van der Waals surface area (Å²) in [6.45, 7) is 1.04. The van der Waals surface area contributed by atoms with Crippen LogP contribution in [0, 0.1) is 0 Å². The molecule has 0 aliphatic rings. The molecule has 3 rings (SSSR count). The molecule has 0 radical (unpaired) electrons. The second kappa shape index (κ2) is 10.3. The van der Waals surface area contributed by atoms with Crippen LogP contribution in [0.25, 0.3) is 0 Å². The van der Waals surface area contributed by atoms with Crippen LogP contribution in [-0.4, -0.2) is 16.2 Å². The van der Waals surface area contributed by atoms with Crippen LogP contribution in [0.2, 0.25) is 0 Å². The number of nitrogens with one attached hydrogen (secondary N) is 1. The van der Waals surface area contributed by atoms with Crippen molar-refractivity contribution < 1.29 is 4.79 Å². The Morgan fingerprint density at radius 3 is 2.43 bits per heavy atom. The molecule has 28 heavy (non-hydrogen) atoms. The highest BCUT2D eigenvalue weighted by molar-refractivity contribution is 9.10. The summed E-state index contributed by atoms with van der Waals surface area (Å²) < 4.78 is 2.72. The van der Waals surface area contributed by atoms with E-state index in [1.165, 1.54) is 0 Å². The van der Waals surface area contributed by atoms with E-state index >= 15 is 0 Å². The Morgan fingerprint density at radius 1 is 0.964 bits per heavy atom. The third-order valence-electron chi connectivity index (χ3n) is 4.19. The van der Waals surface area contributed by atoms with Gasteiger partial charge >= 0.3 is 0 Å². The van der Waals surface area contributed by atoms with Gasteiger partial charge in [-0.3, -0.25) is 9.59 Å². The first-order valence-electron chi connectivity index (χ1n) is 8.99. The van der Waals surface area contributed by atoms with E-state index in [1.807, 2.05) is 54.6 Å². The molecule has 0 aliphatic heterocycles. The van der Waals surface area contributed by atoms with Crippen LogP contribution in [0.3, 0.4) is 0 Å². The van der Waals surface area contributed by atoms with Gasteiger partial charge in [0.25, 0.3) is 5.56 Å². The number of amides is 1. The van der Waals surface area contributed by atoms with Crippen LogP contribution in [0.1, 0.15) is 17.5 Å². The number of rotatable bonds is 8. The molecule has 144 valence electrons. The van der Waals surface area contributed by atoms with E-state index in [0.717, 1.165) is 26.2 Å². The van der Waals surface area contributed by atoms with Gasteiger partial charge in [-0.15, -0.1) is 11.8 Å². The zero-order valence-corrected chi connectivity index (χ0v) is 17.7. The van der Waals surface area contributed by atoms with Crippen molar-refractivity contribution in [3.8, 4) is 0 Å². The molecule has 0 bridgehead atoms. The molecule has 0 saturated carbocycles. The van der Waals surface area contributed by atoms with E-state index in [0.29, 0.717) is 19.5 Å². The Kier molecular flexibility index (Phi) is 7.51. The first-order chi connectivity index (χ1) is 13.6. The van der Waals surface area contributed by atoms with Gasteiger partial charge in [0.1, 0.15) is 0 Å². The van der Waals surface area contributed by atoms with E-state index in [2.05, 4.69) is 21.2 Å². The SMILES string of the molecule is O=C(CCSc1ccccc1Br)NCc1ccc(Cn2ccccc2=O)cc1. The van der Waals surface area contributed by atoms with Crippen molar-refractivity contribution in [2.75, 3.05) is 5.75 Å². The number of benzene rings is 2. The zero-order chi connectivity index (χ0) is 19.8. The molecule has 1 heterocycles. The lowest BCUT2D eigenvalue weighted by Gasteiger charge is -2.08. The summed E-state index contributed by atoms with van der Waals surface area (Å²) in [5, 5.41) is 2.96. The van der Waals surface area contributed by atoms with Gasteiger partial charge in [-0.2, -0.15) is 0 Å². The molecule has 0 saturated heterocycles. The molecule has 4 nitrogen and oxygen atoms in total. The maximum atomic E-state index is 12.1. The van der Waals surface area contributed by atoms with Gasteiger partial charge < -0.3 is 9.88 Å². The topological polar surface area (TPSA) is 51.1 Å². The second-order valence-corrected chi connectivity index (χ2v) is 8.28. The number of hydrogen-bond acceptors (Lipinski definition) is 3. The second-order valence-electron chi connectivity index (χ2n) is 6.29. The molecular formula is C22H21BrN2O2S. The summed E-state index contributed by atoms with van der Waals surface area (Å²) in [6.07, 6.45) is 2.25. The van der Waals surface area contributed by atoms with Crippen molar-refractivity contribution in [1.82, 2.24) is 9.88 Å². The predicted octanol–water partition coefficient (Wildman–Crippen LogP) is 4.46. The Labute approximate surface area is 177 Å². The molecule has 1 amide bonds. The third-order valence-corrected chi connectivity index (χ3v) is 6.22. The molecule has 1 N–H and O–H groups in total. The summed E-state index contributed by atoms with van der Waals surface area (Å²) in [4.78, 5) is 25.0. The van der Waals surface area contributed by atoms with Crippen molar-refractivity contribution in [2.45, 2.75) is 24.4 Å². The van der Waals surface area contributed by atoms with Gasteiger partial charge in [0.15, 0.2) is 0 Å². The molecule has 2 aromatic carbocycles. The number of thioether (sulfide) groups is 1. The monoisotopic (exact) mass is 456 g/mol. The van der Waals surface area contributed by atoms with E-state index in [-0.39, 0.29) is 11.5 Å². The Bertz CT molecular complexity index is 986. The molecule has 0 atom stereocenters. The predicted molar refractivity (Wildman–Crippen MR) is 118 cm³/mol. The third kappa shape index (κ3) is 6.11. The summed E-state index contributed by atoms with van der Waals surface area (Å²) in [5.74, 6) is 0.777. The van der Waals surface area contributed by atoms with Gasteiger partial charge in [0.2, 0.25) is 5.91 Å². The number of halogens is 1. The summed E-state index contributed by atoms with van der Waals surface area (Å²) in [6, 6.07) is 21.1. The van der Waals surface area contributed by atoms with E-state index in [9.17, 15) is 9.59 Å². The quantitative estimate of drug-likeness (QED) is 0.509. The molecule has 0 unspecified atom stereocenters. The fourth-order valence-corrected chi connectivity index (χ4v) is 4.17. The number of carbonyl (C=O) groups excluding carboxylic acids is 1. The highest BCUT2D eigenvalue weighted by Gasteiger charge is 2.05.